The molecule has 0 spiro atoms. The summed E-state index contributed by atoms with van der Waals surface area (Å²) in [6.45, 7) is 6.89. The van der Waals surface area contributed by atoms with E-state index in [1.165, 1.54) is 0 Å². The Bertz CT molecular complexity index is 1030. The van der Waals surface area contributed by atoms with Crippen molar-refractivity contribution < 1.29 is 4.74 Å². The molecular weight excluding hydrogens is 318 g/mol. The number of benzene rings is 1. The topological polar surface area (TPSA) is 96.6 Å². The maximum atomic E-state index is 12.5. The maximum absolute atomic E-state index is 12.5. The molecule has 7 nitrogen and oxygen atoms in total. The average Bonchev–Trinajstić information content (AvgIpc) is 2.96. The van der Waals surface area contributed by atoms with Gasteiger partial charge in [0.2, 0.25) is 0 Å². The van der Waals surface area contributed by atoms with E-state index in [4.69, 9.17) is 4.74 Å². The normalized spacial score (nSPS) is 10.8. The van der Waals surface area contributed by atoms with Crippen LogP contribution < -0.4 is 10.3 Å². The first-order valence-corrected chi connectivity index (χ1v) is 8.23. The summed E-state index contributed by atoms with van der Waals surface area (Å²) in [7, 11) is 0. The number of rotatable bonds is 5. The number of fused-ring (bicyclic) bond motifs is 1. The monoisotopic (exact) mass is 337 g/mol. The van der Waals surface area contributed by atoms with Crippen LogP contribution in [0.3, 0.4) is 0 Å². The average molecular weight is 337 g/mol. The molecule has 0 atom stereocenters. The fraction of sp³-hybridized carbons (Fsp3) is 0.333. The second kappa shape index (κ2) is 6.77. The van der Waals surface area contributed by atoms with Crippen LogP contribution in [0.5, 0.6) is 5.75 Å². The number of nitrogens with zero attached hydrogens (tertiary/aromatic N) is 4. The van der Waals surface area contributed by atoms with Gasteiger partial charge >= 0.3 is 0 Å². The number of hydrogen-bond acceptors (Lipinski definition) is 5. The summed E-state index contributed by atoms with van der Waals surface area (Å²) in [5, 5.41) is 14.0. The van der Waals surface area contributed by atoms with Crippen LogP contribution in [0.15, 0.2) is 23.0 Å². The molecule has 0 aliphatic heterocycles. The minimum atomic E-state index is -0.249. The van der Waals surface area contributed by atoms with Gasteiger partial charge in [0.1, 0.15) is 17.0 Å². The Morgan fingerprint density at radius 3 is 2.84 bits per heavy atom. The van der Waals surface area contributed by atoms with Gasteiger partial charge in [-0.2, -0.15) is 10.4 Å². The van der Waals surface area contributed by atoms with Gasteiger partial charge in [-0.25, -0.2) is 9.67 Å². The van der Waals surface area contributed by atoms with Crippen LogP contribution in [0.2, 0.25) is 0 Å². The van der Waals surface area contributed by atoms with E-state index in [1.807, 2.05) is 13.8 Å². The summed E-state index contributed by atoms with van der Waals surface area (Å²) >= 11 is 0. The van der Waals surface area contributed by atoms with E-state index in [9.17, 15) is 10.1 Å². The molecule has 0 unspecified atom stereocenters. The van der Waals surface area contributed by atoms with Gasteiger partial charge in [-0.3, -0.25) is 4.79 Å². The lowest BCUT2D eigenvalue weighted by Gasteiger charge is -2.11. The fourth-order valence-electron chi connectivity index (χ4n) is 2.72. The quantitative estimate of drug-likeness (QED) is 0.772. The highest BCUT2D eigenvalue weighted by Crippen LogP contribution is 2.29. The minimum absolute atomic E-state index is 0.249. The molecule has 2 heterocycles. The molecular formula is C18H19N5O2. The van der Waals surface area contributed by atoms with Crippen molar-refractivity contribution >= 4 is 11.0 Å². The van der Waals surface area contributed by atoms with Crippen LogP contribution in [0.25, 0.3) is 22.4 Å². The van der Waals surface area contributed by atoms with Gasteiger partial charge in [0, 0.05) is 6.54 Å². The van der Waals surface area contributed by atoms with E-state index in [0.29, 0.717) is 52.6 Å². The number of aryl methyl sites for hydroxylation is 2. The predicted molar refractivity (Wildman–Crippen MR) is 94.5 cm³/mol. The maximum Gasteiger partial charge on any atom is 0.262 e. The van der Waals surface area contributed by atoms with Crippen molar-refractivity contribution in [3.63, 3.8) is 0 Å². The van der Waals surface area contributed by atoms with Crippen molar-refractivity contribution in [2.45, 2.75) is 33.7 Å². The van der Waals surface area contributed by atoms with Crippen LogP contribution in [0.4, 0.5) is 0 Å². The Morgan fingerprint density at radius 1 is 1.36 bits per heavy atom. The highest BCUT2D eigenvalue weighted by Gasteiger charge is 2.17. The van der Waals surface area contributed by atoms with Crippen molar-refractivity contribution in [1.82, 2.24) is 19.7 Å². The largest absolute Gasteiger partial charge is 0.493 e. The Morgan fingerprint density at radius 2 is 2.16 bits per heavy atom. The molecule has 1 N–H and O–H groups in total. The zero-order chi connectivity index (χ0) is 18.0. The van der Waals surface area contributed by atoms with Crippen molar-refractivity contribution in [3.8, 4) is 23.2 Å². The molecule has 3 aromatic rings. The first-order chi connectivity index (χ1) is 12.1. The highest BCUT2D eigenvalue weighted by molar-refractivity contribution is 5.80. The fourth-order valence-corrected chi connectivity index (χ4v) is 2.72. The molecule has 0 bridgehead atoms. The molecule has 0 radical (unpaired) electrons. The first-order valence-electron chi connectivity index (χ1n) is 8.23. The van der Waals surface area contributed by atoms with E-state index in [1.54, 1.807) is 29.8 Å². The standard InChI is InChI=1S/C18H19N5O2/c1-4-8-25-14-7-6-12(10-19)9-13(14)16-20-17-15(18(24)21-16)11(3)22-23(17)5-2/h6-7,9H,4-5,8H2,1-3H3,(H,20,21,24). The van der Waals surface area contributed by atoms with Crippen LogP contribution in [0.1, 0.15) is 31.5 Å². The minimum Gasteiger partial charge on any atom is -0.493 e. The number of nitriles is 1. The lowest BCUT2D eigenvalue weighted by atomic mass is 10.1. The number of hydrogen-bond donors (Lipinski definition) is 1. The van der Waals surface area contributed by atoms with Crippen molar-refractivity contribution in [2.24, 2.45) is 0 Å². The van der Waals surface area contributed by atoms with Crippen LogP contribution in [-0.2, 0) is 6.54 Å². The van der Waals surface area contributed by atoms with Gasteiger partial charge in [0.15, 0.2) is 5.65 Å². The summed E-state index contributed by atoms with van der Waals surface area (Å²) in [6, 6.07) is 7.20. The highest BCUT2D eigenvalue weighted by atomic mass is 16.5. The van der Waals surface area contributed by atoms with Gasteiger partial charge in [-0.05, 0) is 38.5 Å². The second-order valence-corrected chi connectivity index (χ2v) is 5.69. The van der Waals surface area contributed by atoms with Gasteiger partial charge in [0.05, 0.1) is 29.5 Å². The molecule has 25 heavy (non-hydrogen) atoms. The summed E-state index contributed by atoms with van der Waals surface area (Å²) in [4.78, 5) is 19.9. The number of aromatic nitrogens is 4. The third-order valence-corrected chi connectivity index (χ3v) is 3.90. The number of nitrogens with one attached hydrogen (secondary N) is 1. The third kappa shape index (κ3) is 2.98. The molecule has 0 amide bonds. The predicted octanol–water partition coefficient (Wildman–Crippen LogP) is 2.78. The van der Waals surface area contributed by atoms with Crippen LogP contribution in [0, 0.1) is 18.3 Å². The van der Waals surface area contributed by atoms with E-state index in [0.717, 1.165) is 6.42 Å². The number of ether oxygens (including phenoxy) is 1. The van der Waals surface area contributed by atoms with Crippen LogP contribution >= 0.6 is 0 Å². The van der Waals surface area contributed by atoms with E-state index in [2.05, 4.69) is 21.1 Å². The van der Waals surface area contributed by atoms with Gasteiger partial charge < -0.3 is 9.72 Å². The first kappa shape index (κ1) is 16.7. The third-order valence-electron chi connectivity index (χ3n) is 3.90. The molecule has 0 aliphatic rings. The zero-order valence-corrected chi connectivity index (χ0v) is 14.5. The zero-order valence-electron chi connectivity index (χ0n) is 14.5. The van der Waals surface area contributed by atoms with Crippen LogP contribution in [-0.4, -0.2) is 26.4 Å². The van der Waals surface area contributed by atoms with E-state index < -0.39 is 0 Å². The number of aromatic amines is 1. The van der Waals surface area contributed by atoms with Crippen molar-refractivity contribution in [3.05, 3.63) is 39.8 Å². The Labute approximate surface area is 144 Å². The molecule has 128 valence electrons. The van der Waals surface area contributed by atoms with Gasteiger partial charge in [-0.1, -0.05) is 6.92 Å². The second-order valence-electron chi connectivity index (χ2n) is 5.69. The molecule has 0 fully saturated rings. The molecule has 0 aliphatic carbocycles. The van der Waals surface area contributed by atoms with Crippen molar-refractivity contribution in [1.29, 1.82) is 5.26 Å². The Balaban J connectivity index is 2.25. The Kier molecular flexibility index (Phi) is 4.52. The van der Waals surface area contributed by atoms with Crippen molar-refractivity contribution in [2.75, 3.05) is 6.61 Å². The molecule has 3 rings (SSSR count). The molecule has 0 saturated heterocycles. The molecule has 0 saturated carbocycles. The summed E-state index contributed by atoms with van der Waals surface area (Å²) in [6.07, 6.45) is 0.851. The van der Waals surface area contributed by atoms with E-state index >= 15 is 0 Å². The summed E-state index contributed by atoms with van der Waals surface area (Å²) < 4.78 is 7.46. The summed E-state index contributed by atoms with van der Waals surface area (Å²) in [5.74, 6) is 0.956. The smallest absolute Gasteiger partial charge is 0.262 e. The lowest BCUT2D eigenvalue weighted by molar-refractivity contribution is 0.318. The summed E-state index contributed by atoms with van der Waals surface area (Å²) in [5.41, 5.74) is 1.99. The molecule has 1 aromatic carbocycles. The lowest BCUT2D eigenvalue weighted by Crippen LogP contribution is -2.11. The molecule has 7 heteroatoms. The van der Waals surface area contributed by atoms with Gasteiger partial charge in [0.25, 0.3) is 5.56 Å². The number of H-pyrrole nitrogens is 1. The SMILES string of the molecule is CCCOc1ccc(C#N)cc1-c1nc2c(c(C)nn2CC)c(=O)[nH]1. The molecule has 2 aromatic heterocycles. The Hall–Kier alpha value is -3.14. The van der Waals surface area contributed by atoms with E-state index in [-0.39, 0.29) is 5.56 Å². The van der Waals surface area contributed by atoms with Gasteiger partial charge in [-0.15, -0.1) is 0 Å².